The Bertz CT molecular complexity index is 1280. The first-order chi connectivity index (χ1) is 22.3. The summed E-state index contributed by atoms with van der Waals surface area (Å²) in [6.45, 7) is 6.65. The highest BCUT2D eigenvalue weighted by Gasteiger charge is 2.37. The van der Waals surface area contributed by atoms with Crippen LogP contribution < -0.4 is 32.5 Å². The summed E-state index contributed by atoms with van der Waals surface area (Å²) in [4.78, 5) is 63.8. The van der Waals surface area contributed by atoms with Crippen LogP contribution in [0.5, 0.6) is 11.5 Å². The molecular formula is C32H51N7O8. The lowest BCUT2D eigenvalue weighted by molar-refractivity contribution is -0.142. The third-order valence-electron chi connectivity index (χ3n) is 8.82. The van der Waals surface area contributed by atoms with Crippen molar-refractivity contribution in [2.75, 3.05) is 19.6 Å². The number of likely N-dealkylation sites (tertiary alicyclic amines) is 1. The number of fused-ring (bicyclic) bond motifs is 1. The average Bonchev–Trinajstić information content (AvgIpc) is 3.50. The lowest BCUT2D eigenvalue weighted by atomic mass is 9.81. The number of nitrogens with zero attached hydrogens (tertiary/aromatic N) is 1. The first-order valence-electron chi connectivity index (χ1n) is 16.4. The standard InChI is InChI=1S/C32H51N7O8/c1-19(30(45)39-14-8-9-21(39)18-40)35-28(43)23(10-4-6-12-33)38-34-13-7-5-11-24(31(46)47)36-29(44)25-15-20-16-26(41)27(42)17-22(20)32(2,3)37-25/h16-19,21,23-25,34,37-38,41-42H,4-15,33H2,1-3H3,(H,35,43)(H,36,44)(H,46,47)/t19-,21-,23-,24?,25?/m0/s1. The summed E-state index contributed by atoms with van der Waals surface area (Å²) in [6, 6.07) is -0.868. The van der Waals surface area contributed by atoms with E-state index < -0.39 is 47.6 Å². The Morgan fingerprint density at radius 3 is 2.43 bits per heavy atom. The second kappa shape index (κ2) is 17.4. The molecule has 2 aliphatic heterocycles. The molecule has 1 fully saturated rings. The zero-order chi connectivity index (χ0) is 34.7. The number of benzene rings is 1. The van der Waals surface area contributed by atoms with Gasteiger partial charge in [0.2, 0.25) is 17.7 Å². The molecule has 5 atom stereocenters. The number of rotatable bonds is 18. The molecule has 1 aromatic carbocycles. The topological polar surface area (TPSA) is 235 Å². The maximum absolute atomic E-state index is 13.1. The maximum atomic E-state index is 13.1. The minimum Gasteiger partial charge on any atom is -0.504 e. The smallest absolute Gasteiger partial charge is 0.326 e. The van der Waals surface area contributed by atoms with Gasteiger partial charge in [-0.15, -0.1) is 0 Å². The fourth-order valence-corrected chi connectivity index (χ4v) is 6.19. The van der Waals surface area contributed by atoms with Gasteiger partial charge in [0.25, 0.3) is 0 Å². The maximum Gasteiger partial charge on any atom is 0.326 e. The van der Waals surface area contributed by atoms with E-state index in [9.17, 15) is 39.3 Å². The van der Waals surface area contributed by atoms with Crippen molar-refractivity contribution in [3.05, 3.63) is 23.3 Å². The molecule has 2 aliphatic rings. The molecule has 0 spiro atoms. The molecular weight excluding hydrogens is 610 g/mol. The van der Waals surface area contributed by atoms with Crippen molar-refractivity contribution in [2.24, 2.45) is 5.73 Å². The van der Waals surface area contributed by atoms with Gasteiger partial charge in [-0.3, -0.25) is 25.1 Å². The van der Waals surface area contributed by atoms with Gasteiger partial charge < -0.3 is 41.4 Å². The van der Waals surface area contributed by atoms with Crippen molar-refractivity contribution in [1.82, 2.24) is 31.7 Å². The number of nitrogens with two attached hydrogens (primary N) is 1. The molecule has 0 aliphatic carbocycles. The number of aldehydes is 1. The van der Waals surface area contributed by atoms with E-state index >= 15 is 0 Å². The lowest BCUT2D eigenvalue weighted by Gasteiger charge is -2.39. The molecule has 1 aromatic rings. The number of carboxylic acid groups (broad SMARTS) is 1. The molecule has 15 nitrogen and oxygen atoms in total. The van der Waals surface area contributed by atoms with Crippen LogP contribution in [-0.4, -0.2) is 100 Å². The highest BCUT2D eigenvalue weighted by atomic mass is 16.4. The monoisotopic (exact) mass is 661 g/mol. The van der Waals surface area contributed by atoms with Crippen molar-refractivity contribution >= 4 is 30.0 Å². The Balaban J connectivity index is 1.46. The van der Waals surface area contributed by atoms with E-state index in [4.69, 9.17) is 5.73 Å². The molecule has 0 bridgehead atoms. The minimum absolute atomic E-state index is 0.183. The summed E-state index contributed by atoms with van der Waals surface area (Å²) >= 11 is 0. The number of carbonyl (C=O) groups excluding carboxylic acids is 4. The SMILES string of the molecule is C[C@H](NC(=O)[C@H](CCCCN)NNCCCCC(NC(=O)C1Cc2cc(O)c(O)cc2C(C)(C)N1)C(=O)O)C(=O)N1CCC[C@H]1C=O. The predicted octanol–water partition coefficient (Wildman–Crippen LogP) is -0.127. The summed E-state index contributed by atoms with van der Waals surface area (Å²) in [5.74, 6) is -2.83. The number of phenolic OH excluding ortho intramolecular Hbond substituents is 2. The van der Waals surface area contributed by atoms with E-state index in [1.165, 1.54) is 17.0 Å². The number of hydrazine groups is 1. The molecule has 0 aromatic heterocycles. The number of nitrogens with one attached hydrogen (secondary N) is 5. The van der Waals surface area contributed by atoms with Gasteiger partial charge in [-0.2, -0.15) is 0 Å². The molecule has 15 heteroatoms. The zero-order valence-electron chi connectivity index (χ0n) is 27.5. The normalized spacial score (nSPS) is 20.5. The summed E-state index contributed by atoms with van der Waals surface area (Å²) < 4.78 is 0. The third-order valence-corrected chi connectivity index (χ3v) is 8.82. The predicted molar refractivity (Wildman–Crippen MR) is 173 cm³/mol. The second-order valence-corrected chi connectivity index (χ2v) is 12.9. The van der Waals surface area contributed by atoms with Gasteiger partial charge in [0, 0.05) is 18.6 Å². The molecule has 47 heavy (non-hydrogen) atoms. The number of amides is 3. The second-order valence-electron chi connectivity index (χ2n) is 12.9. The summed E-state index contributed by atoms with van der Waals surface area (Å²) in [5, 5.41) is 38.2. The van der Waals surface area contributed by atoms with Gasteiger partial charge in [0.1, 0.15) is 18.4 Å². The Kier molecular flexibility index (Phi) is 13.9. The van der Waals surface area contributed by atoms with Crippen molar-refractivity contribution < 1.29 is 39.3 Å². The zero-order valence-corrected chi connectivity index (χ0v) is 27.5. The molecule has 1 saturated heterocycles. The molecule has 0 radical (unpaired) electrons. The van der Waals surface area contributed by atoms with E-state index in [1.54, 1.807) is 6.92 Å². The summed E-state index contributed by atoms with van der Waals surface area (Å²) in [6.07, 6.45) is 5.42. The van der Waals surface area contributed by atoms with Crippen LogP contribution in [0.1, 0.15) is 83.3 Å². The molecule has 3 rings (SSSR count). The van der Waals surface area contributed by atoms with Gasteiger partial charge in [-0.05, 0) is 102 Å². The molecule has 0 saturated carbocycles. The van der Waals surface area contributed by atoms with Crippen molar-refractivity contribution in [3.8, 4) is 11.5 Å². The average molecular weight is 662 g/mol. The number of unbranched alkanes of at least 4 members (excludes halogenated alkanes) is 2. The molecule has 10 N–H and O–H groups in total. The summed E-state index contributed by atoms with van der Waals surface area (Å²) in [7, 11) is 0. The Morgan fingerprint density at radius 1 is 1.06 bits per heavy atom. The van der Waals surface area contributed by atoms with Crippen LogP contribution in [-0.2, 0) is 35.9 Å². The summed E-state index contributed by atoms with van der Waals surface area (Å²) in [5.41, 5.74) is 12.4. The van der Waals surface area contributed by atoms with Crippen LogP contribution in [0.25, 0.3) is 0 Å². The van der Waals surface area contributed by atoms with E-state index in [0.29, 0.717) is 57.3 Å². The van der Waals surface area contributed by atoms with Gasteiger partial charge >= 0.3 is 5.97 Å². The first-order valence-corrected chi connectivity index (χ1v) is 16.4. The van der Waals surface area contributed by atoms with E-state index in [-0.39, 0.29) is 36.2 Å². The van der Waals surface area contributed by atoms with Gasteiger partial charge in [-0.25, -0.2) is 10.2 Å². The van der Waals surface area contributed by atoms with E-state index in [1.807, 2.05) is 13.8 Å². The molecule has 262 valence electrons. The number of hydrogen-bond donors (Lipinski definition) is 9. The van der Waals surface area contributed by atoms with Crippen molar-refractivity contribution in [2.45, 2.75) is 114 Å². The highest BCUT2D eigenvalue weighted by Crippen LogP contribution is 2.37. The van der Waals surface area contributed by atoms with Gasteiger partial charge in [-0.1, -0.05) is 6.42 Å². The molecule has 2 unspecified atom stereocenters. The Labute approximate surface area is 275 Å². The third kappa shape index (κ3) is 10.3. The number of carboxylic acids is 1. The number of phenols is 2. The van der Waals surface area contributed by atoms with Crippen LogP contribution in [0, 0.1) is 0 Å². The number of hydrogen-bond acceptors (Lipinski definition) is 11. The Hall–Kier alpha value is -3.79. The Morgan fingerprint density at radius 2 is 1.74 bits per heavy atom. The van der Waals surface area contributed by atoms with Crippen LogP contribution in [0.4, 0.5) is 0 Å². The van der Waals surface area contributed by atoms with Crippen LogP contribution >= 0.6 is 0 Å². The molecule has 3 amide bonds. The first kappa shape index (κ1) is 37.7. The van der Waals surface area contributed by atoms with Crippen molar-refractivity contribution in [1.29, 1.82) is 0 Å². The van der Waals surface area contributed by atoms with Crippen molar-refractivity contribution in [3.63, 3.8) is 0 Å². The minimum atomic E-state index is -1.16. The van der Waals surface area contributed by atoms with Crippen LogP contribution in [0.2, 0.25) is 0 Å². The number of carbonyl (C=O) groups is 5. The number of aromatic hydroxyl groups is 2. The van der Waals surface area contributed by atoms with E-state index in [2.05, 4.69) is 26.8 Å². The van der Waals surface area contributed by atoms with E-state index in [0.717, 1.165) is 24.7 Å². The van der Waals surface area contributed by atoms with Gasteiger partial charge in [0.05, 0.1) is 18.1 Å². The largest absolute Gasteiger partial charge is 0.504 e. The fourth-order valence-electron chi connectivity index (χ4n) is 6.19. The molecule has 2 heterocycles. The number of aliphatic carboxylic acids is 1. The highest BCUT2D eigenvalue weighted by molar-refractivity contribution is 5.91. The lowest BCUT2D eigenvalue weighted by Crippen LogP contribution is -2.57. The van der Waals surface area contributed by atoms with Gasteiger partial charge in [0.15, 0.2) is 11.5 Å². The van der Waals surface area contributed by atoms with Crippen LogP contribution in [0.15, 0.2) is 12.1 Å². The van der Waals surface area contributed by atoms with Crippen LogP contribution in [0.3, 0.4) is 0 Å². The fraction of sp³-hybridized carbons (Fsp3) is 0.656. The quantitative estimate of drug-likeness (QED) is 0.0433.